The Hall–Kier alpha value is -2.49. The van der Waals surface area contributed by atoms with Crippen molar-refractivity contribution in [1.82, 2.24) is 10.6 Å². The van der Waals surface area contributed by atoms with E-state index in [9.17, 15) is 4.79 Å². The van der Waals surface area contributed by atoms with Crippen LogP contribution < -0.4 is 16.0 Å². The molecule has 0 aromatic heterocycles. The molecule has 2 aromatic carbocycles. The highest BCUT2D eigenvalue weighted by atomic mass is 16.2. The minimum Gasteiger partial charge on any atom is -0.388 e. The lowest BCUT2D eigenvalue weighted by Gasteiger charge is -2.11. The molecule has 0 spiro atoms. The highest BCUT2D eigenvalue weighted by molar-refractivity contribution is 5.74. The number of hydrogen-bond donors (Lipinski definition) is 3. The summed E-state index contributed by atoms with van der Waals surface area (Å²) in [5, 5.41) is 8.47. The van der Waals surface area contributed by atoms with E-state index in [1.54, 1.807) is 7.05 Å². The standard InChI is InChI=1S/C16H19N3O/c1-17-14-9-7-12(8-10-14)15-6-4-3-5-13(15)11-19-16(20)18-2/h3-10,17H,11H2,1-2H3,(H2,18,19,20). The fourth-order valence-corrected chi connectivity index (χ4v) is 2.04. The summed E-state index contributed by atoms with van der Waals surface area (Å²) in [6.45, 7) is 0.504. The number of nitrogens with one attached hydrogen (secondary N) is 3. The molecule has 0 bridgehead atoms. The van der Waals surface area contributed by atoms with Crippen LogP contribution >= 0.6 is 0 Å². The summed E-state index contributed by atoms with van der Waals surface area (Å²) in [5.74, 6) is 0. The molecule has 3 N–H and O–H groups in total. The molecule has 20 heavy (non-hydrogen) atoms. The van der Waals surface area contributed by atoms with E-state index in [1.807, 2.05) is 37.4 Å². The minimum absolute atomic E-state index is 0.176. The van der Waals surface area contributed by atoms with E-state index in [4.69, 9.17) is 0 Å². The molecule has 4 nitrogen and oxygen atoms in total. The van der Waals surface area contributed by atoms with Crippen LogP contribution in [0.3, 0.4) is 0 Å². The number of rotatable bonds is 4. The van der Waals surface area contributed by atoms with Gasteiger partial charge in [0.2, 0.25) is 0 Å². The van der Waals surface area contributed by atoms with Crippen LogP contribution in [0.5, 0.6) is 0 Å². The lowest BCUT2D eigenvalue weighted by atomic mass is 9.99. The highest BCUT2D eigenvalue weighted by Gasteiger charge is 2.05. The molecule has 0 radical (unpaired) electrons. The summed E-state index contributed by atoms with van der Waals surface area (Å²) in [6.07, 6.45) is 0. The van der Waals surface area contributed by atoms with Gasteiger partial charge in [0.1, 0.15) is 0 Å². The smallest absolute Gasteiger partial charge is 0.314 e. The van der Waals surface area contributed by atoms with Gasteiger partial charge in [0.15, 0.2) is 0 Å². The molecule has 0 aliphatic heterocycles. The number of benzene rings is 2. The number of carbonyl (C=O) groups is 1. The zero-order valence-electron chi connectivity index (χ0n) is 11.7. The molecule has 0 saturated heterocycles. The Morgan fingerprint density at radius 1 is 1.00 bits per heavy atom. The molecular formula is C16H19N3O. The van der Waals surface area contributed by atoms with Gasteiger partial charge in [-0.15, -0.1) is 0 Å². The first-order chi connectivity index (χ1) is 9.74. The molecule has 0 saturated carbocycles. The molecule has 0 aliphatic carbocycles. The number of hydrogen-bond acceptors (Lipinski definition) is 2. The summed E-state index contributed by atoms with van der Waals surface area (Å²) in [6, 6.07) is 16.1. The normalized spacial score (nSPS) is 9.90. The molecule has 0 atom stereocenters. The van der Waals surface area contributed by atoms with Gasteiger partial charge in [-0.1, -0.05) is 36.4 Å². The Labute approximate surface area is 119 Å². The van der Waals surface area contributed by atoms with Crippen molar-refractivity contribution >= 4 is 11.7 Å². The first-order valence-corrected chi connectivity index (χ1v) is 6.56. The number of carbonyl (C=O) groups excluding carboxylic acids is 1. The third kappa shape index (κ3) is 3.29. The van der Waals surface area contributed by atoms with Crippen LogP contribution in [0.4, 0.5) is 10.5 Å². The Bertz CT molecular complexity index is 579. The maximum Gasteiger partial charge on any atom is 0.314 e. The van der Waals surface area contributed by atoms with Crippen LogP contribution in [-0.4, -0.2) is 20.1 Å². The molecule has 0 aliphatic rings. The van der Waals surface area contributed by atoms with E-state index in [1.165, 1.54) is 0 Å². The van der Waals surface area contributed by atoms with Gasteiger partial charge in [0.25, 0.3) is 0 Å². The Balaban J connectivity index is 2.24. The van der Waals surface area contributed by atoms with Crippen LogP contribution in [0.2, 0.25) is 0 Å². The Morgan fingerprint density at radius 3 is 2.35 bits per heavy atom. The third-order valence-electron chi connectivity index (χ3n) is 3.17. The zero-order chi connectivity index (χ0) is 14.4. The predicted molar refractivity (Wildman–Crippen MR) is 82.7 cm³/mol. The molecule has 2 amide bonds. The van der Waals surface area contributed by atoms with Crippen molar-refractivity contribution < 1.29 is 4.79 Å². The summed E-state index contributed by atoms with van der Waals surface area (Å²) in [4.78, 5) is 11.3. The van der Waals surface area contributed by atoms with Crippen LogP contribution in [0.1, 0.15) is 5.56 Å². The van der Waals surface area contributed by atoms with Crippen LogP contribution in [-0.2, 0) is 6.54 Å². The fraction of sp³-hybridized carbons (Fsp3) is 0.188. The molecule has 0 heterocycles. The summed E-state index contributed by atoms with van der Waals surface area (Å²) >= 11 is 0. The topological polar surface area (TPSA) is 53.2 Å². The quantitative estimate of drug-likeness (QED) is 0.799. The van der Waals surface area contributed by atoms with Crippen molar-refractivity contribution in [3.63, 3.8) is 0 Å². The van der Waals surface area contributed by atoms with Gasteiger partial charge < -0.3 is 16.0 Å². The minimum atomic E-state index is -0.176. The number of anilines is 1. The maximum absolute atomic E-state index is 11.3. The molecule has 104 valence electrons. The first kappa shape index (κ1) is 13.9. The van der Waals surface area contributed by atoms with E-state index in [2.05, 4.69) is 34.1 Å². The van der Waals surface area contributed by atoms with Gasteiger partial charge in [-0.3, -0.25) is 0 Å². The SMILES string of the molecule is CNC(=O)NCc1ccccc1-c1ccc(NC)cc1. The van der Waals surface area contributed by atoms with E-state index < -0.39 is 0 Å². The number of urea groups is 1. The number of amides is 2. The fourth-order valence-electron chi connectivity index (χ4n) is 2.04. The average Bonchev–Trinajstić information content (AvgIpc) is 2.53. The highest BCUT2D eigenvalue weighted by Crippen LogP contribution is 2.25. The average molecular weight is 269 g/mol. The van der Waals surface area contributed by atoms with Crippen LogP contribution in [0.15, 0.2) is 48.5 Å². The molecule has 0 fully saturated rings. The van der Waals surface area contributed by atoms with Crippen molar-refractivity contribution in [2.75, 3.05) is 19.4 Å². The summed E-state index contributed by atoms with van der Waals surface area (Å²) in [5.41, 5.74) is 4.44. The largest absolute Gasteiger partial charge is 0.388 e. The van der Waals surface area contributed by atoms with Crippen molar-refractivity contribution in [3.8, 4) is 11.1 Å². The van der Waals surface area contributed by atoms with Crippen molar-refractivity contribution in [3.05, 3.63) is 54.1 Å². The monoisotopic (exact) mass is 269 g/mol. The predicted octanol–water partition coefficient (Wildman–Crippen LogP) is 2.82. The molecule has 4 heteroatoms. The molecule has 2 aromatic rings. The summed E-state index contributed by atoms with van der Waals surface area (Å²) in [7, 11) is 3.51. The Kier molecular flexibility index (Phi) is 4.60. The maximum atomic E-state index is 11.3. The van der Waals surface area contributed by atoms with Gasteiger partial charge in [-0.2, -0.15) is 0 Å². The van der Waals surface area contributed by atoms with Crippen LogP contribution in [0, 0.1) is 0 Å². The Morgan fingerprint density at radius 2 is 1.70 bits per heavy atom. The van der Waals surface area contributed by atoms with Crippen molar-refractivity contribution in [2.24, 2.45) is 0 Å². The van der Waals surface area contributed by atoms with Gasteiger partial charge in [0.05, 0.1) is 0 Å². The summed E-state index contributed by atoms with van der Waals surface area (Å²) < 4.78 is 0. The van der Waals surface area contributed by atoms with Gasteiger partial charge in [-0.25, -0.2) is 4.79 Å². The third-order valence-corrected chi connectivity index (χ3v) is 3.17. The van der Waals surface area contributed by atoms with Crippen LogP contribution in [0.25, 0.3) is 11.1 Å². The van der Waals surface area contributed by atoms with E-state index in [-0.39, 0.29) is 6.03 Å². The lowest BCUT2D eigenvalue weighted by molar-refractivity contribution is 0.242. The van der Waals surface area contributed by atoms with E-state index in [0.29, 0.717) is 6.54 Å². The molecule has 0 unspecified atom stereocenters. The zero-order valence-corrected chi connectivity index (χ0v) is 11.7. The first-order valence-electron chi connectivity index (χ1n) is 6.56. The second-order valence-corrected chi connectivity index (χ2v) is 4.42. The van der Waals surface area contributed by atoms with E-state index in [0.717, 1.165) is 22.4 Å². The molecular weight excluding hydrogens is 250 g/mol. The van der Waals surface area contributed by atoms with Gasteiger partial charge in [-0.05, 0) is 28.8 Å². The lowest BCUT2D eigenvalue weighted by Crippen LogP contribution is -2.32. The van der Waals surface area contributed by atoms with Crippen molar-refractivity contribution in [2.45, 2.75) is 6.54 Å². The molecule has 2 rings (SSSR count). The second-order valence-electron chi connectivity index (χ2n) is 4.42. The van der Waals surface area contributed by atoms with Gasteiger partial charge in [0, 0.05) is 26.3 Å². The van der Waals surface area contributed by atoms with Crippen molar-refractivity contribution in [1.29, 1.82) is 0 Å². The van der Waals surface area contributed by atoms with Gasteiger partial charge >= 0.3 is 6.03 Å². The van der Waals surface area contributed by atoms with E-state index >= 15 is 0 Å². The second kappa shape index (κ2) is 6.61.